The lowest BCUT2D eigenvalue weighted by molar-refractivity contribution is 0.588. The molecule has 2 heterocycles. The van der Waals surface area contributed by atoms with Gasteiger partial charge >= 0.3 is 0 Å². The van der Waals surface area contributed by atoms with E-state index in [0.717, 1.165) is 16.5 Å². The van der Waals surface area contributed by atoms with Crippen LogP contribution in [0.1, 0.15) is 11.1 Å². The molecule has 0 aliphatic rings. The van der Waals surface area contributed by atoms with E-state index in [1.165, 1.54) is 3.97 Å². The number of halogens is 1. The molecule has 2 aromatic heterocycles. The molecule has 6 heteroatoms. The van der Waals surface area contributed by atoms with Crippen LogP contribution in [0.2, 0.25) is 0 Å². The van der Waals surface area contributed by atoms with Gasteiger partial charge in [-0.1, -0.05) is 17.7 Å². The Morgan fingerprint density at radius 2 is 1.76 bits per heavy atom. The zero-order valence-electron chi connectivity index (χ0n) is 11.5. The molecule has 0 aliphatic carbocycles. The number of aromatic nitrogens is 2. The molecule has 0 amide bonds. The third kappa shape index (κ3) is 2.38. The van der Waals surface area contributed by atoms with Crippen LogP contribution < -0.4 is 0 Å². The van der Waals surface area contributed by atoms with E-state index >= 15 is 0 Å². The smallest absolute Gasteiger partial charge is 0.237 e. The van der Waals surface area contributed by atoms with Gasteiger partial charge in [0.15, 0.2) is 5.65 Å². The maximum Gasteiger partial charge on any atom is 0.269 e. The third-order valence-electron chi connectivity index (χ3n) is 3.28. The summed E-state index contributed by atoms with van der Waals surface area (Å²) < 4.78 is 27.5. The van der Waals surface area contributed by atoms with Gasteiger partial charge in [0.2, 0.25) is 0 Å². The van der Waals surface area contributed by atoms with Crippen molar-refractivity contribution in [2.45, 2.75) is 18.7 Å². The maximum absolute atomic E-state index is 12.8. The summed E-state index contributed by atoms with van der Waals surface area (Å²) in [6, 6.07) is 8.70. The van der Waals surface area contributed by atoms with E-state index in [9.17, 15) is 8.42 Å². The van der Waals surface area contributed by atoms with Gasteiger partial charge in [0.1, 0.15) is 0 Å². The van der Waals surface area contributed by atoms with E-state index < -0.39 is 10.0 Å². The Kier molecular flexibility index (Phi) is 3.37. The van der Waals surface area contributed by atoms with Gasteiger partial charge in [-0.05, 0) is 53.5 Å². The average molecular weight is 365 g/mol. The molecule has 0 spiro atoms. The number of nitrogens with zero attached hydrogens (tertiary/aromatic N) is 2. The van der Waals surface area contributed by atoms with Gasteiger partial charge in [0, 0.05) is 22.3 Å². The van der Waals surface area contributed by atoms with Crippen LogP contribution in [-0.2, 0) is 10.0 Å². The van der Waals surface area contributed by atoms with E-state index in [1.54, 1.807) is 36.7 Å². The topological polar surface area (TPSA) is 52.0 Å². The Labute approximate surface area is 131 Å². The molecule has 0 bridgehead atoms. The molecule has 0 atom stereocenters. The van der Waals surface area contributed by atoms with Crippen LogP contribution >= 0.6 is 15.9 Å². The monoisotopic (exact) mass is 364 g/mol. The van der Waals surface area contributed by atoms with Gasteiger partial charge in [-0.2, -0.15) is 0 Å². The first kappa shape index (κ1) is 14.3. The number of fused-ring (bicyclic) bond motifs is 1. The van der Waals surface area contributed by atoms with Gasteiger partial charge in [-0.15, -0.1) is 0 Å². The van der Waals surface area contributed by atoms with Crippen molar-refractivity contribution in [2.24, 2.45) is 0 Å². The lowest BCUT2D eigenvalue weighted by Crippen LogP contribution is -2.12. The summed E-state index contributed by atoms with van der Waals surface area (Å²) in [6.45, 7) is 3.84. The Bertz CT molecular complexity index is 928. The van der Waals surface area contributed by atoms with E-state index in [2.05, 4.69) is 20.9 Å². The van der Waals surface area contributed by atoms with Gasteiger partial charge in [-0.25, -0.2) is 17.4 Å². The molecule has 21 heavy (non-hydrogen) atoms. The van der Waals surface area contributed by atoms with Crippen molar-refractivity contribution in [3.63, 3.8) is 0 Å². The SMILES string of the molecule is Cc1ccc(S(=O)(=O)n2cc(Br)c3cc(C)cnc32)cc1. The fourth-order valence-electron chi connectivity index (χ4n) is 2.15. The predicted octanol–water partition coefficient (Wildman–Crippen LogP) is 3.65. The van der Waals surface area contributed by atoms with Crippen LogP contribution in [0.25, 0.3) is 11.0 Å². The van der Waals surface area contributed by atoms with Crippen molar-refractivity contribution >= 4 is 37.0 Å². The molecule has 3 aromatic rings. The summed E-state index contributed by atoms with van der Waals surface area (Å²) in [4.78, 5) is 4.51. The molecule has 0 saturated heterocycles. The molecule has 0 N–H and O–H groups in total. The normalized spacial score (nSPS) is 12.0. The van der Waals surface area contributed by atoms with Crippen molar-refractivity contribution in [2.75, 3.05) is 0 Å². The Balaban J connectivity index is 2.26. The first-order valence-electron chi connectivity index (χ1n) is 6.35. The van der Waals surface area contributed by atoms with Crippen LogP contribution in [0.4, 0.5) is 0 Å². The van der Waals surface area contributed by atoms with Crippen LogP contribution in [0.15, 0.2) is 52.1 Å². The molecule has 4 nitrogen and oxygen atoms in total. The summed E-state index contributed by atoms with van der Waals surface area (Å²) in [7, 11) is -3.65. The molecule has 0 aliphatic heterocycles. The molecular weight excluding hydrogens is 352 g/mol. The van der Waals surface area contributed by atoms with Crippen molar-refractivity contribution in [1.82, 2.24) is 8.96 Å². The molecule has 3 rings (SSSR count). The fraction of sp³-hybridized carbons (Fsp3) is 0.133. The van der Waals surface area contributed by atoms with Crippen LogP contribution in [0, 0.1) is 13.8 Å². The van der Waals surface area contributed by atoms with Crippen LogP contribution in [0.5, 0.6) is 0 Å². The van der Waals surface area contributed by atoms with Gasteiger partial charge in [0.05, 0.1) is 4.90 Å². The largest absolute Gasteiger partial charge is 0.269 e. The zero-order valence-corrected chi connectivity index (χ0v) is 13.9. The average Bonchev–Trinajstić information content (AvgIpc) is 2.77. The highest BCUT2D eigenvalue weighted by molar-refractivity contribution is 9.10. The molecule has 0 unspecified atom stereocenters. The molecule has 0 fully saturated rings. The first-order valence-corrected chi connectivity index (χ1v) is 8.58. The molecule has 0 saturated carbocycles. The number of pyridine rings is 1. The summed E-state index contributed by atoms with van der Waals surface area (Å²) >= 11 is 3.40. The highest BCUT2D eigenvalue weighted by atomic mass is 79.9. The van der Waals surface area contributed by atoms with Crippen molar-refractivity contribution < 1.29 is 8.42 Å². The van der Waals surface area contributed by atoms with E-state index in [0.29, 0.717) is 10.1 Å². The number of benzene rings is 1. The maximum atomic E-state index is 12.8. The van der Waals surface area contributed by atoms with Crippen molar-refractivity contribution in [3.8, 4) is 0 Å². The summed E-state index contributed by atoms with van der Waals surface area (Å²) in [5.41, 5.74) is 2.42. The van der Waals surface area contributed by atoms with E-state index in [-0.39, 0.29) is 4.90 Å². The van der Waals surface area contributed by atoms with Crippen LogP contribution in [-0.4, -0.2) is 17.4 Å². The standard InChI is InChI=1S/C15H13BrN2O2S/c1-10-3-5-12(6-4-10)21(19,20)18-9-14(16)13-7-11(2)8-17-15(13)18/h3-9H,1-2H3. The summed E-state index contributed by atoms with van der Waals surface area (Å²) in [5, 5.41) is 0.783. The highest BCUT2D eigenvalue weighted by Crippen LogP contribution is 2.28. The number of aryl methyl sites for hydroxylation is 2. The predicted molar refractivity (Wildman–Crippen MR) is 85.9 cm³/mol. The zero-order chi connectivity index (χ0) is 15.2. The van der Waals surface area contributed by atoms with Crippen molar-refractivity contribution in [3.05, 3.63) is 58.3 Å². The van der Waals surface area contributed by atoms with Crippen LogP contribution in [0.3, 0.4) is 0 Å². The van der Waals surface area contributed by atoms with E-state index in [4.69, 9.17) is 0 Å². The lowest BCUT2D eigenvalue weighted by Gasteiger charge is -2.07. The second-order valence-corrected chi connectivity index (χ2v) is 7.64. The number of hydrogen-bond donors (Lipinski definition) is 0. The molecule has 0 radical (unpaired) electrons. The third-order valence-corrected chi connectivity index (χ3v) is 5.57. The number of hydrogen-bond acceptors (Lipinski definition) is 3. The van der Waals surface area contributed by atoms with Gasteiger partial charge < -0.3 is 0 Å². The fourth-order valence-corrected chi connectivity index (χ4v) is 4.11. The second-order valence-electron chi connectivity index (χ2n) is 4.97. The molecule has 108 valence electrons. The number of rotatable bonds is 2. The Morgan fingerprint density at radius 3 is 2.43 bits per heavy atom. The molecule has 1 aromatic carbocycles. The van der Waals surface area contributed by atoms with Gasteiger partial charge in [-0.3, -0.25) is 0 Å². The first-order chi connectivity index (χ1) is 9.89. The quantitative estimate of drug-likeness (QED) is 0.697. The lowest BCUT2D eigenvalue weighted by atomic mass is 10.2. The summed E-state index contributed by atoms with van der Waals surface area (Å²) in [5.74, 6) is 0. The van der Waals surface area contributed by atoms with Gasteiger partial charge in [0.25, 0.3) is 10.0 Å². The van der Waals surface area contributed by atoms with Crippen molar-refractivity contribution in [1.29, 1.82) is 0 Å². The summed E-state index contributed by atoms with van der Waals surface area (Å²) in [6.07, 6.45) is 3.21. The minimum atomic E-state index is -3.65. The Hall–Kier alpha value is -1.66. The van der Waals surface area contributed by atoms with E-state index in [1.807, 2.05) is 19.9 Å². The Morgan fingerprint density at radius 1 is 1.10 bits per heavy atom. The second kappa shape index (κ2) is 4.96. The minimum absolute atomic E-state index is 0.250. The highest BCUT2D eigenvalue weighted by Gasteiger charge is 2.21. The minimum Gasteiger partial charge on any atom is -0.237 e. The molecular formula is C15H13BrN2O2S.